The lowest BCUT2D eigenvalue weighted by Crippen LogP contribution is -2.20. The molecule has 1 aliphatic rings. The molecule has 0 radical (unpaired) electrons. The number of anilines is 2. The van der Waals surface area contributed by atoms with E-state index in [9.17, 15) is 4.79 Å². The molecule has 3 N–H and O–H groups in total. The number of nitrogens with one attached hydrogen (secondary N) is 3. The zero-order chi connectivity index (χ0) is 20.8. The number of imidazole rings is 1. The number of carbonyl (C=O) groups excluding carboxylic acids is 1. The monoisotopic (exact) mass is 428 g/mol. The number of para-hydroxylation sites is 1. The van der Waals surface area contributed by atoms with Crippen LogP contribution < -0.4 is 10.6 Å². The van der Waals surface area contributed by atoms with Crippen molar-refractivity contribution in [2.24, 2.45) is 5.41 Å². The van der Waals surface area contributed by atoms with Gasteiger partial charge in [0.1, 0.15) is 0 Å². The molecule has 4 rings (SSSR count). The molecular weight excluding hydrogens is 407 g/mol. The molecule has 29 heavy (non-hydrogen) atoms. The Morgan fingerprint density at radius 2 is 1.69 bits per heavy atom. The van der Waals surface area contributed by atoms with Crippen molar-refractivity contribution >= 4 is 40.9 Å². The first-order chi connectivity index (χ1) is 13.8. The first-order valence-corrected chi connectivity index (χ1v) is 10.2. The van der Waals surface area contributed by atoms with E-state index in [4.69, 9.17) is 23.2 Å². The van der Waals surface area contributed by atoms with Crippen LogP contribution in [0.2, 0.25) is 10.0 Å². The van der Waals surface area contributed by atoms with Crippen molar-refractivity contribution in [1.82, 2.24) is 9.97 Å². The van der Waals surface area contributed by atoms with E-state index in [1.54, 1.807) is 6.07 Å². The number of aromatic amines is 1. The highest BCUT2D eigenvalue weighted by atomic mass is 35.5. The molecule has 5 nitrogen and oxygen atoms in total. The number of hydrogen-bond acceptors (Lipinski definition) is 2. The molecular formula is C22H22Cl2N4O. The number of carbonyl (C=O) groups is 1. The van der Waals surface area contributed by atoms with Crippen molar-refractivity contribution in [2.45, 2.75) is 32.6 Å². The van der Waals surface area contributed by atoms with Gasteiger partial charge >= 0.3 is 6.03 Å². The third-order valence-corrected chi connectivity index (χ3v) is 5.99. The lowest BCUT2D eigenvalue weighted by Gasteiger charge is -2.04. The molecule has 7 heteroatoms. The highest BCUT2D eigenvalue weighted by Crippen LogP contribution is 2.70. The predicted molar refractivity (Wildman–Crippen MR) is 118 cm³/mol. The second kappa shape index (κ2) is 7.39. The van der Waals surface area contributed by atoms with Gasteiger partial charge in [0.05, 0.1) is 5.69 Å². The number of aryl methyl sites for hydroxylation is 1. The third kappa shape index (κ3) is 3.98. The number of benzene rings is 2. The molecule has 1 heterocycles. The molecule has 1 fully saturated rings. The SMILES string of the molecule is Cc1[nH]c(NC(=O)Nc2ccccc2)nc1C1C(c2cc(Cl)cc(Cl)c2)C1(C)C. The average Bonchev–Trinajstić information content (AvgIpc) is 3.02. The summed E-state index contributed by atoms with van der Waals surface area (Å²) < 4.78 is 0. The summed E-state index contributed by atoms with van der Waals surface area (Å²) in [7, 11) is 0. The summed E-state index contributed by atoms with van der Waals surface area (Å²) in [6.07, 6.45) is 0. The average molecular weight is 429 g/mol. The molecule has 3 aromatic rings. The second-order valence-corrected chi connectivity index (χ2v) is 8.89. The van der Waals surface area contributed by atoms with E-state index in [2.05, 4.69) is 34.4 Å². The van der Waals surface area contributed by atoms with E-state index in [0.29, 0.717) is 16.0 Å². The lowest BCUT2D eigenvalue weighted by atomic mass is 10.0. The fraction of sp³-hybridized carbons (Fsp3) is 0.273. The van der Waals surface area contributed by atoms with Gasteiger partial charge in [-0.05, 0) is 54.2 Å². The van der Waals surface area contributed by atoms with Crippen LogP contribution in [0.15, 0.2) is 48.5 Å². The van der Waals surface area contributed by atoms with Crippen LogP contribution in [0.3, 0.4) is 0 Å². The van der Waals surface area contributed by atoms with Gasteiger partial charge in [-0.3, -0.25) is 5.32 Å². The van der Waals surface area contributed by atoms with Crippen LogP contribution >= 0.6 is 23.2 Å². The predicted octanol–water partition coefficient (Wildman–Crippen LogP) is 6.58. The smallest absolute Gasteiger partial charge is 0.326 e. The van der Waals surface area contributed by atoms with Gasteiger partial charge < -0.3 is 10.3 Å². The Bertz CT molecular complexity index is 1040. The van der Waals surface area contributed by atoms with Crippen LogP contribution in [0, 0.1) is 12.3 Å². The molecule has 2 unspecified atom stereocenters. The Labute approximate surface area is 179 Å². The minimum atomic E-state index is -0.343. The molecule has 0 saturated heterocycles. The van der Waals surface area contributed by atoms with E-state index in [-0.39, 0.29) is 23.3 Å². The lowest BCUT2D eigenvalue weighted by molar-refractivity contribution is 0.262. The quantitative estimate of drug-likeness (QED) is 0.439. The highest BCUT2D eigenvalue weighted by Gasteiger charge is 2.60. The highest BCUT2D eigenvalue weighted by molar-refractivity contribution is 6.34. The number of aromatic nitrogens is 2. The van der Waals surface area contributed by atoms with Crippen LogP contribution in [0.1, 0.15) is 42.6 Å². The zero-order valence-corrected chi connectivity index (χ0v) is 17.9. The number of nitrogens with zero attached hydrogens (tertiary/aromatic N) is 1. The van der Waals surface area contributed by atoms with Gasteiger partial charge in [-0.15, -0.1) is 0 Å². The number of rotatable bonds is 4. The van der Waals surface area contributed by atoms with E-state index < -0.39 is 0 Å². The van der Waals surface area contributed by atoms with Gasteiger partial charge in [-0.2, -0.15) is 0 Å². The maximum absolute atomic E-state index is 12.3. The number of hydrogen-bond donors (Lipinski definition) is 3. The fourth-order valence-corrected chi connectivity index (χ4v) is 4.70. The molecule has 0 aliphatic heterocycles. The first-order valence-electron chi connectivity index (χ1n) is 9.41. The van der Waals surface area contributed by atoms with Gasteiger partial charge in [-0.1, -0.05) is 55.2 Å². The van der Waals surface area contributed by atoms with Gasteiger partial charge in [0.15, 0.2) is 0 Å². The van der Waals surface area contributed by atoms with Crippen molar-refractivity contribution in [3.8, 4) is 0 Å². The molecule has 150 valence electrons. The third-order valence-electron chi connectivity index (χ3n) is 5.55. The molecule has 1 aromatic heterocycles. The molecule has 0 spiro atoms. The molecule has 2 atom stereocenters. The molecule has 0 bridgehead atoms. The van der Waals surface area contributed by atoms with E-state index in [1.165, 1.54) is 0 Å². The van der Waals surface area contributed by atoms with Crippen LogP contribution in [-0.2, 0) is 0 Å². The van der Waals surface area contributed by atoms with Crippen LogP contribution in [0.5, 0.6) is 0 Å². The van der Waals surface area contributed by atoms with Crippen LogP contribution in [0.4, 0.5) is 16.4 Å². The largest absolute Gasteiger partial charge is 0.328 e. The Kier molecular flexibility index (Phi) is 5.05. The topological polar surface area (TPSA) is 69.8 Å². The summed E-state index contributed by atoms with van der Waals surface area (Å²) in [5.41, 5.74) is 3.73. The standard InChI is InChI=1S/C22H22Cl2N4O/c1-12-19(18-17(22(18,2)3)13-9-14(23)11-15(24)10-13)27-20(25-12)28-21(29)26-16-7-5-4-6-8-16/h4-11,17-18H,1-3H3,(H3,25,26,27,28,29). The normalized spacial score (nSPS) is 19.6. The summed E-state index contributed by atoms with van der Waals surface area (Å²) in [6, 6.07) is 14.6. The van der Waals surface area contributed by atoms with Crippen molar-refractivity contribution in [3.63, 3.8) is 0 Å². The summed E-state index contributed by atoms with van der Waals surface area (Å²) in [5.74, 6) is 0.893. The van der Waals surface area contributed by atoms with E-state index in [1.807, 2.05) is 49.4 Å². The Hall–Kier alpha value is -2.50. The van der Waals surface area contributed by atoms with Gasteiger partial charge in [0.25, 0.3) is 0 Å². The van der Waals surface area contributed by atoms with E-state index in [0.717, 1.165) is 22.6 Å². The van der Waals surface area contributed by atoms with Crippen molar-refractivity contribution < 1.29 is 4.79 Å². The van der Waals surface area contributed by atoms with Gasteiger partial charge in [0, 0.05) is 27.3 Å². The van der Waals surface area contributed by atoms with Gasteiger partial charge in [-0.25, -0.2) is 9.78 Å². The molecule has 1 saturated carbocycles. The van der Waals surface area contributed by atoms with Crippen LogP contribution in [-0.4, -0.2) is 16.0 Å². The van der Waals surface area contributed by atoms with Crippen molar-refractivity contribution in [1.29, 1.82) is 0 Å². The zero-order valence-electron chi connectivity index (χ0n) is 16.4. The first kappa shape index (κ1) is 19.8. The number of H-pyrrole nitrogens is 1. The number of halogens is 2. The van der Waals surface area contributed by atoms with Crippen LogP contribution in [0.25, 0.3) is 0 Å². The maximum atomic E-state index is 12.3. The number of urea groups is 1. The van der Waals surface area contributed by atoms with Crippen molar-refractivity contribution in [2.75, 3.05) is 10.6 Å². The summed E-state index contributed by atoms with van der Waals surface area (Å²) in [4.78, 5) is 20.1. The van der Waals surface area contributed by atoms with E-state index >= 15 is 0 Å². The minimum Gasteiger partial charge on any atom is -0.328 e. The Balaban J connectivity index is 1.52. The summed E-state index contributed by atoms with van der Waals surface area (Å²) >= 11 is 12.4. The van der Waals surface area contributed by atoms with Crippen molar-refractivity contribution in [3.05, 3.63) is 75.5 Å². The molecule has 2 aromatic carbocycles. The Morgan fingerprint density at radius 3 is 2.34 bits per heavy atom. The summed E-state index contributed by atoms with van der Waals surface area (Å²) in [5, 5.41) is 6.83. The minimum absolute atomic E-state index is 0.0114. The number of amides is 2. The fourth-order valence-electron chi connectivity index (χ4n) is 4.15. The molecule has 1 aliphatic carbocycles. The second-order valence-electron chi connectivity index (χ2n) is 8.02. The van der Waals surface area contributed by atoms with Gasteiger partial charge in [0.2, 0.25) is 5.95 Å². The Morgan fingerprint density at radius 1 is 1.03 bits per heavy atom. The summed E-state index contributed by atoms with van der Waals surface area (Å²) in [6.45, 7) is 6.39. The maximum Gasteiger partial charge on any atom is 0.326 e. The molecule has 2 amide bonds.